The first-order valence-corrected chi connectivity index (χ1v) is 10.4. The third kappa shape index (κ3) is 3.43. The number of aryl methyl sites for hydroxylation is 1. The third-order valence-electron chi connectivity index (χ3n) is 4.62. The lowest BCUT2D eigenvalue weighted by Crippen LogP contribution is -2.28. The predicted molar refractivity (Wildman–Crippen MR) is 109 cm³/mol. The normalized spacial score (nSPS) is 12.3. The number of nitrogens with zero attached hydrogens (tertiary/aromatic N) is 1. The van der Waals surface area contributed by atoms with Crippen LogP contribution >= 0.6 is 0 Å². The minimum absolute atomic E-state index is 0.214. The molecule has 0 aliphatic carbocycles. The molecule has 4 nitrogen and oxygen atoms in total. The molecule has 0 saturated heterocycles. The molecule has 154 valence electrons. The number of pyridine rings is 1. The molecule has 8 heteroatoms. The van der Waals surface area contributed by atoms with Gasteiger partial charge in [0, 0.05) is 6.20 Å². The topological polar surface area (TPSA) is 47.8 Å². The van der Waals surface area contributed by atoms with Crippen molar-refractivity contribution in [2.75, 3.05) is 0 Å². The molecule has 30 heavy (non-hydrogen) atoms. The van der Waals surface area contributed by atoms with Crippen LogP contribution in [0.25, 0.3) is 27.9 Å². The van der Waals surface area contributed by atoms with Crippen molar-refractivity contribution in [1.82, 2.24) is 4.40 Å². The van der Waals surface area contributed by atoms with Crippen LogP contribution in [0.4, 0.5) is 13.2 Å². The quantitative estimate of drug-likeness (QED) is 0.303. The van der Waals surface area contributed by atoms with E-state index in [2.05, 4.69) is 0 Å². The first kappa shape index (κ1) is 20.0. The van der Waals surface area contributed by atoms with Crippen molar-refractivity contribution < 1.29 is 25.8 Å². The summed E-state index contributed by atoms with van der Waals surface area (Å²) in [5.41, 5.74) is -2.45. The van der Waals surface area contributed by atoms with E-state index in [0.717, 1.165) is 5.56 Å². The van der Waals surface area contributed by atoms with E-state index in [9.17, 15) is 21.6 Å². The van der Waals surface area contributed by atoms with Crippen molar-refractivity contribution in [2.45, 2.75) is 12.4 Å². The van der Waals surface area contributed by atoms with Crippen LogP contribution in [0, 0.1) is 6.92 Å². The molecule has 0 radical (unpaired) electrons. The Hall–Kier alpha value is -3.26. The van der Waals surface area contributed by atoms with Crippen LogP contribution in [-0.4, -0.2) is 18.3 Å². The molecule has 0 aliphatic rings. The maximum absolute atomic E-state index is 13.1. The van der Waals surface area contributed by atoms with E-state index in [4.69, 9.17) is 4.18 Å². The number of alkyl halides is 3. The smallest absolute Gasteiger partial charge is 0.373 e. The van der Waals surface area contributed by atoms with Crippen LogP contribution < -0.4 is 4.18 Å². The average molecular weight is 431 g/mol. The SMILES string of the molecule is Cc1ccc2c(OS(=O)(=O)C(F)(F)F)c(-c3ccccc3)c(-c3ccccc3)n2c1. The Morgan fingerprint density at radius 2 is 1.40 bits per heavy atom. The summed E-state index contributed by atoms with van der Waals surface area (Å²) in [7, 11) is -5.87. The first-order chi connectivity index (χ1) is 14.2. The van der Waals surface area contributed by atoms with Gasteiger partial charge < -0.3 is 8.58 Å². The van der Waals surface area contributed by atoms with Gasteiger partial charge in [0.2, 0.25) is 0 Å². The molecule has 0 saturated carbocycles. The van der Waals surface area contributed by atoms with Gasteiger partial charge in [0.15, 0.2) is 5.75 Å². The van der Waals surface area contributed by atoms with Gasteiger partial charge in [-0.05, 0) is 29.7 Å². The number of aromatic nitrogens is 1. The zero-order chi connectivity index (χ0) is 21.5. The summed E-state index contributed by atoms with van der Waals surface area (Å²) in [5, 5.41) is 0. The van der Waals surface area contributed by atoms with Gasteiger partial charge in [0.1, 0.15) is 0 Å². The van der Waals surface area contributed by atoms with E-state index in [-0.39, 0.29) is 16.8 Å². The van der Waals surface area contributed by atoms with Crippen LogP contribution in [-0.2, 0) is 10.1 Å². The van der Waals surface area contributed by atoms with Gasteiger partial charge in [-0.2, -0.15) is 21.6 Å². The number of halogens is 3. The van der Waals surface area contributed by atoms with Crippen molar-refractivity contribution in [3.8, 4) is 28.1 Å². The molecule has 0 spiro atoms. The molecule has 0 bridgehead atoms. The highest BCUT2D eigenvalue weighted by molar-refractivity contribution is 7.88. The van der Waals surface area contributed by atoms with E-state index in [1.165, 1.54) is 0 Å². The van der Waals surface area contributed by atoms with Gasteiger partial charge in [0.05, 0.1) is 16.8 Å². The molecule has 4 rings (SSSR count). The van der Waals surface area contributed by atoms with E-state index in [1.807, 2.05) is 13.0 Å². The maximum Gasteiger partial charge on any atom is 0.534 e. The Kier molecular flexibility index (Phi) is 4.82. The molecule has 0 N–H and O–H groups in total. The second kappa shape index (κ2) is 7.21. The predicted octanol–water partition coefficient (Wildman–Crippen LogP) is 5.81. The Morgan fingerprint density at radius 3 is 1.97 bits per heavy atom. The zero-order valence-corrected chi connectivity index (χ0v) is 16.5. The molecule has 0 fully saturated rings. The third-order valence-corrected chi connectivity index (χ3v) is 5.57. The molecule has 4 aromatic rings. The lowest BCUT2D eigenvalue weighted by atomic mass is 10.0. The highest BCUT2D eigenvalue weighted by Crippen LogP contribution is 2.46. The van der Waals surface area contributed by atoms with E-state index < -0.39 is 15.6 Å². The van der Waals surface area contributed by atoms with Crippen LogP contribution in [0.2, 0.25) is 0 Å². The van der Waals surface area contributed by atoms with E-state index in [1.54, 1.807) is 77.3 Å². The first-order valence-electron chi connectivity index (χ1n) is 8.95. The fourth-order valence-electron chi connectivity index (χ4n) is 3.33. The molecule has 2 aromatic carbocycles. The fraction of sp³-hybridized carbons (Fsp3) is 0.0909. The summed E-state index contributed by atoms with van der Waals surface area (Å²) in [5.74, 6) is -0.364. The summed E-state index contributed by atoms with van der Waals surface area (Å²) in [6.45, 7) is 1.84. The summed E-state index contributed by atoms with van der Waals surface area (Å²) in [6, 6.07) is 20.9. The largest absolute Gasteiger partial charge is 0.534 e. The molecule has 0 aliphatic heterocycles. The number of rotatable bonds is 4. The second-order valence-electron chi connectivity index (χ2n) is 6.73. The molecular formula is C22H16F3NO3S. The Labute approximate surface area is 171 Å². The van der Waals surface area contributed by atoms with Crippen LogP contribution in [0.5, 0.6) is 5.75 Å². The lowest BCUT2D eigenvalue weighted by molar-refractivity contribution is -0.0499. The Bertz CT molecular complexity index is 1310. The molecule has 2 aromatic heterocycles. The number of fused-ring (bicyclic) bond motifs is 1. The number of hydrogen-bond acceptors (Lipinski definition) is 3. The van der Waals surface area contributed by atoms with Crippen molar-refractivity contribution in [3.63, 3.8) is 0 Å². The van der Waals surface area contributed by atoms with Gasteiger partial charge in [0.25, 0.3) is 0 Å². The maximum atomic E-state index is 13.1. The van der Waals surface area contributed by atoms with Crippen LogP contribution in [0.15, 0.2) is 79.0 Å². The van der Waals surface area contributed by atoms with Crippen molar-refractivity contribution in [3.05, 3.63) is 84.6 Å². The summed E-state index contributed by atoms with van der Waals surface area (Å²) in [4.78, 5) is 0. The van der Waals surface area contributed by atoms with Crippen molar-refractivity contribution in [1.29, 1.82) is 0 Å². The molecule has 0 amide bonds. The van der Waals surface area contributed by atoms with Crippen molar-refractivity contribution in [2.24, 2.45) is 0 Å². The van der Waals surface area contributed by atoms with Crippen LogP contribution in [0.3, 0.4) is 0 Å². The second-order valence-corrected chi connectivity index (χ2v) is 8.27. The lowest BCUT2D eigenvalue weighted by Gasteiger charge is -2.11. The van der Waals surface area contributed by atoms with Gasteiger partial charge in [-0.1, -0.05) is 66.7 Å². The highest BCUT2D eigenvalue weighted by Gasteiger charge is 2.49. The summed E-state index contributed by atoms with van der Waals surface area (Å²) in [6.07, 6.45) is 1.73. The molecule has 0 atom stereocenters. The minimum atomic E-state index is -5.87. The van der Waals surface area contributed by atoms with Gasteiger partial charge in [-0.25, -0.2) is 0 Å². The Balaban J connectivity index is 2.13. The van der Waals surface area contributed by atoms with Crippen LogP contribution in [0.1, 0.15) is 5.56 Å². The van der Waals surface area contributed by atoms with Gasteiger partial charge >= 0.3 is 15.6 Å². The average Bonchev–Trinajstić information content (AvgIpc) is 3.01. The Morgan fingerprint density at radius 1 is 0.833 bits per heavy atom. The summed E-state index contributed by atoms with van der Waals surface area (Å²) >= 11 is 0. The molecule has 0 unspecified atom stereocenters. The molecule has 2 heterocycles. The number of hydrogen-bond donors (Lipinski definition) is 0. The van der Waals surface area contributed by atoms with Gasteiger partial charge in [-0.3, -0.25) is 0 Å². The van der Waals surface area contributed by atoms with Crippen molar-refractivity contribution >= 4 is 15.6 Å². The van der Waals surface area contributed by atoms with Gasteiger partial charge in [-0.15, -0.1) is 0 Å². The van der Waals surface area contributed by atoms with E-state index >= 15 is 0 Å². The monoisotopic (exact) mass is 431 g/mol. The standard InChI is InChI=1S/C22H16F3NO3S/c1-15-12-13-18-21(29-30(27,28)22(23,24)25)19(16-8-4-2-5-9-16)20(26(18)14-15)17-10-6-3-7-11-17/h2-14H,1H3. The summed E-state index contributed by atoms with van der Waals surface area (Å²) < 4.78 is 69.6. The van der Waals surface area contributed by atoms with E-state index in [0.29, 0.717) is 16.8 Å². The molecular weight excluding hydrogens is 415 g/mol. The highest BCUT2D eigenvalue weighted by atomic mass is 32.2. The number of benzene rings is 2. The zero-order valence-electron chi connectivity index (χ0n) is 15.7. The minimum Gasteiger partial charge on any atom is -0.373 e. The fourth-order valence-corrected chi connectivity index (χ4v) is 3.81.